The summed E-state index contributed by atoms with van der Waals surface area (Å²) in [5, 5.41) is 8.31. The van der Waals surface area contributed by atoms with Crippen molar-refractivity contribution in [3.63, 3.8) is 0 Å². The quantitative estimate of drug-likeness (QED) is 0.737. The molecular weight excluding hydrogens is 222 g/mol. The Bertz CT molecular complexity index is 280. The molecule has 0 aromatic carbocycles. The summed E-state index contributed by atoms with van der Waals surface area (Å²) in [4.78, 5) is 23.2. The number of aliphatic carboxylic acids is 1. The molecule has 1 rings (SSSR count). The minimum absolute atomic E-state index is 0.00890. The third-order valence-electron chi connectivity index (χ3n) is 1.88. The van der Waals surface area contributed by atoms with Crippen LogP contribution >= 0.6 is 24.0 Å². The molecule has 1 heterocycles. The second kappa shape index (κ2) is 4.75. The molecule has 1 saturated heterocycles. The van der Waals surface area contributed by atoms with Gasteiger partial charge in [0, 0.05) is 13.0 Å². The second-order valence-electron chi connectivity index (χ2n) is 3.01. The third-order valence-corrected chi connectivity index (χ3v) is 3.37. The first-order chi connectivity index (χ1) is 6.52. The van der Waals surface area contributed by atoms with Crippen LogP contribution in [0.4, 0.5) is 0 Å². The summed E-state index contributed by atoms with van der Waals surface area (Å²) < 4.78 is 0.563. The smallest absolute Gasteiger partial charge is 0.303 e. The van der Waals surface area contributed by atoms with E-state index >= 15 is 0 Å². The molecule has 1 aliphatic rings. The van der Waals surface area contributed by atoms with Gasteiger partial charge in [0.1, 0.15) is 4.32 Å². The minimum atomic E-state index is -0.844. The largest absolute Gasteiger partial charge is 0.481 e. The van der Waals surface area contributed by atoms with E-state index in [-0.39, 0.29) is 17.6 Å². The topological polar surface area (TPSA) is 57.6 Å². The van der Waals surface area contributed by atoms with E-state index in [0.717, 1.165) is 0 Å². The van der Waals surface area contributed by atoms with Crippen LogP contribution in [0.5, 0.6) is 0 Å². The van der Waals surface area contributed by atoms with Crippen LogP contribution in [0.2, 0.25) is 0 Å². The predicted octanol–water partition coefficient (Wildman–Crippen LogP) is 1.10. The van der Waals surface area contributed by atoms with Gasteiger partial charge < -0.3 is 5.11 Å². The van der Waals surface area contributed by atoms with Gasteiger partial charge in [-0.15, -0.1) is 0 Å². The monoisotopic (exact) mass is 233 g/mol. The summed E-state index contributed by atoms with van der Waals surface area (Å²) in [6.07, 6.45) is 0.528. The van der Waals surface area contributed by atoms with Gasteiger partial charge in [0.15, 0.2) is 0 Å². The number of carbonyl (C=O) groups is 2. The van der Waals surface area contributed by atoms with Gasteiger partial charge in [-0.1, -0.05) is 24.0 Å². The summed E-state index contributed by atoms with van der Waals surface area (Å²) in [5.74, 6) is -0.853. The van der Waals surface area contributed by atoms with E-state index in [9.17, 15) is 9.59 Å². The molecule has 0 unspecified atom stereocenters. The molecule has 0 aromatic rings. The van der Waals surface area contributed by atoms with E-state index in [1.165, 1.54) is 16.7 Å². The molecule has 0 bridgehead atoms. The first-order valence-corrected chi connectivity index (χ1v) is 5.55. The Labute approximate surface area is 91.6 Å². The molecule has 6 heteroatoms. The highest BCUT2D eigenvalue weighted by atomic mass is 32.2. The van der Waals surface area contributed by atoms with Crippen molar-refractivity contribution in [2.75, 3.05) is 6.54 Å². The molecule has 1 amide bonds. The number of rotatable bonds is 4. The van der Waals surface area contributed by atoms with Crippen LogP contribution in [-0.2, 0) is 9.59 Å². The van der Waals surface area contributed by atoms with Gasteiger partial charge in [0.05, 0.1) is 5.25 Å². The summed E-state index contributed by atoms with van der Waals surface area (Å²) >= 11 is 6.35. The fraction of sp³-hybridized carbons (Fsp3) is 0.625. The average molecular weight is 233 g/mol. The van der Waals surface area contributed by atoms with Crippen molar-refractivity contribution in [1.29, 1.82) is 0 Å². The Balaban J connectivity index is 2.41. The van der Waals surface area contributed by atoms with Crippen molar-refractivity contribution in [3.8, 4) is 0 Å². The van der Waals surface area contributed by atoms with Crippen LogP contribution in [0.15, 0.2) is 0 Å². The Morgan fingerprint density at radius 3 is 2.79 bits per heavy atom. The van der Waals surface area contributed by atoms with Gasteiger partial charge >= 0.3 is 5.97 Å². The standard InChI is InChI=1S/C8H11NO3S2/c1-5-7(12)9(8(13)14-5)4-2-3-6(10)11/h5H,2-4H2,1H3,(H,10,11)/t5-/m0/s1. The molecule has 14 heavy (non-hydrogen) atoms. The Morgan fingerprint density at radius 2 is 2.36 bits per heavy atom. The van der Waals surface area contributed by atoms with Crippen molar-refractivity contribution in [2.45, 2.75) is 25.0 Å². The predicted molar refractivity (Wildman–Crippen MR) is 58.2 cm³/mol. The Morgan fingerprint density at radius 1 is 1.71 bits per heavy atom. The third kappa shape index (κ3) is 2.68. The second-order valence-corrected chi connectivity index (χ2v) is 4.99. The number of thioether (sulfide) groups is 1. The molecule has 4 nitrogen and oxygen atoms in total. The molecule has 1 aliphatic heterocycles. The van der Waals surface area contributed by atoms with Crippen molar-refractivity contribution >= 4 is 40.2 Å². The lowest BCUT2D eigenvalue weighted by Gasteiger charge is -2.13. The van der Waals surface area contributed by atoms with Crippen LogP contribution in [0.3, 0.4) is 0 Å². The SMILES string of the molecule is C[C@@H]1SC(=S)N(CCCC(=O)O)C1=O. The summed E-state index contributed by atoms with van der Waals surface area (Å²) in [5.41, 5.74) is 0. The maximum atomic E-state index is 11.5. The molecule has 0 saturated carbocycles. The lowest BCUT2D eigenvalue weighted by atomic mass is 10.3. The number of carboxylic acids is 1. The fourth-order valence-corrected chi connectivity index (χ4v) is 2.62. The number of nitrogens with zero attached hydrogens (tertiary/aromatic N) is 1. The zero-order valence-electron chi connectivity index (χ0n) is 7.73. The van der Waals surface area contributed by atoms with Gasteiger partial charge in [-0.2, -0.15) is 0 Å². The van der Waals surface area contributed by atoms with E-state index in [1.807, 2.05) is 0 Å². The number of carbonyl (C=O) groups excluding carboxylic acids is 1. The van der Waals surface area contributed by atoms with Gasteiger partial charge in [0.25, 0.3) is 0 Å². The van der Waals surface area contributed by atoms with Gasteiger partial charge in [0.2, 0.25) is 5.91 Å². The molecule has 0 aromatic heterocycles. The number of thiocarbonyl (C=S) groups is 1. The van der Waals surface area contributed by atoms with Crippen molar-refractivity contribution in [2.24, 2.45) is 0 Å². The molecular formula is C8H11NO3S2. The minimum Gasteiger partial charge on any atom is -0.481 e. The van der Waals surface area contributed by atoms with Crippen LogP contribution in [-0.4, -0.2) is 38.0 Å². The van der Waals surface area contributed by atoms with E-state index in [4.69, 9.17) is 17.3 Å². The lowest BCUT2D eigenvalue weighted by Crippen LogP contribution is -2.31. The molecule has 1 atom stereocenters. The molecule has 1 fully saturated rings. The molecule has 0 spiro atoms. The average Bonchev–Trinajstić information content (AvgIpc) is 2.31. The highest BCUT2D eigenvalue weighted by Gasteiger charge is 2.32. The normalized spacial score (nSPS) is 21.8. The maximum absolute atomic E-state index is 11.5. The molecule has 1 N–H and O–H groups in total. The van der Waals surface area contributed by atoms with Crippen LogP contribution in [0, 0.1) is 0 Å². The van der Waals surface area contributed by atoms with Crippen LogP contribution < -0.4 is 0 Å². The van der Waals surface area contributed by atoms with Gasteiger partial charge in [-0.25, -0.2) is 0 Å². The molecule has 0 radical (unpaired) electrons. The Hall–Kier alpha value is -0.620. The molecule has 78 valence electrons. The number of hydrogen-bond donors (Lipinski definition) is 1. The fourth-order valence-electron chi connectivity index (χ4n) is 1.16. The van der Waals surface area contributed by atoms with E-state index in [2.05, 4.69) is 0 Å². The maximum Gasteiger partial charge on any atom is 0.303 e. The number of carboxylic acid groups (broad SMARTS) is 1. The van der Waals surface area contributed by atoms with Crippen molar-refractivity contribution < 1.29 is 14.7 Å². The van der Waals surface area contributed by atoms with Gasteiger partial charge in [-0.3, -0.25) is 14.5 Å². The summed E-state index contributed by atoms with van der Waals surface area (Å²) in [7, 11) is 0. The Kier molecular flexibility index (Phi) is 3.88. The first kappa shape index (κ1) is 11.5. The van der Waals surface area contributed by atoms with Crippen molar-refractivity contribution in [3.05, 3.63) is 0 Å². The van der Waals surface area contributed by atoms with E-state index < -0.39 is 5.97 Å². The highest BCUT2D eigenvalue weighted by molar-refractivity contribution is 8.24. The van der Waals surface area contributed by atoms with Crippen LogP contribution in [0.25, 0.3) is 0 Å². The summed E-state index contributed by atoms with van der Waals surface area (Å²) in [6, 6.07) is 0. The highest BCUT2D eigenvalue weighted by Crippen LogP contribution is 2.26. The van der Waals surface area contributed by atoms with E-state index in [1.54, 1.807) is 6.92 Å². The first-order valence-electron chi connectivity index (χ1n) is 4.26. The zero-order valence-corrected chi connectivity index (χ0v) is 9.36. The van der Waals surface area contributed by atoms with Crippen molar-refractivity contribution in [1.82, 2.24) is 4.90 Å². The summed E-state index contributed by atoms with van der Waals surface area (Å²) in [6.45, 7) is 2.22. The number of hydrogen-bond acceptors (Lipinski definition) is 4. The van der Waals surface area contributed by atoms with Gasteiger partial charge in [-0.05, 0) is 13.3 Å². The van der Waals surface area contributed by atoms with E-state index in [0.29, 0.717) is 17.3 Å². The zero-order chi connectivity index (χ0) is 10.7. The lowest BCUT2D eigenvalue weighted by molar-refractivity contribution is -0.137. The number of amides is 1. The molecule has 0 aliphatic carbocycles. The van der Waals surface area contributed by atoms with Crippen LogP contribution in [0.1, 0.15) is 19.8 Å².